The fourth-order valence-corrected chi connectivity index (χ4v) is 5.08. The number of carbonyl (C=O) groups excluding carboxylic acids is 2. The Morgan fingerprint density at radius 2 is 1.88 bits per heavy atom. The van der Waals surface area contributed by atoms with Gasteiger partial charge in [-0.25, -0.2) is 0 Å². The van der Waals surface area contributed by atoms with Crippen LogP contribution in [0.1, 0.15) is 32.1 Å². The average molecular weight is 384 g/mol. The Labute approximate surface area is 156 Å². The third kappa shape index (κ3) is 4.84. The summed E-state index contributed by atoms with van der Waals surface area (Å²) in [5, 5.41) is 11.9. The summed E-state index contributed by atoms with van der Waals surface area (Å²) >= 11 is 2.92. The van der Waals surface area contributed by atoms with Crippen LogP contribution in [0.15, 0.2) is 4.34 Å². The molecule has 2 heterocycles. The summed E-state index contributed by atoms with van der Waals surface area (Å²) in [6.45, 7) is 3.12. The van der Waals surface area contributed by atoms with Crippen molar-refractivity contribution in [3.8, 4) is 0 Å². The Balaban J connectivity index is 1.48. The van der Waals surface area contributed by atoms with Crippen molar-refractivity contribution >= 4 is 40.0 Å². The van der Waals surface area contributed by atoms with Gasteiger partial charge in [0.25, 0.3) is 0 Å². The molecule has 0 bridgehead atoms. The van der Waals surface area contributed by atoms with Gasteiger partial charge in [0, 0.05) is 39.1 Å². The van der Waals surface area contributed by atoms with Crippen LogP contribution >= 0.6 is 23.1 Å². The van der Waals surface area contributed by atoms with E-state index in [1.165, 1.54) is 42.4 Å². The van der Waals surface area contributed by atoms with E-state index < -0.39 is 0 Å². The van der Waals surface area contributed by atoms with Gasteiger partial charge in [0.2, 0.25) is 16.9 Å². The highest BCUT2D eigenvalue weighted by Gasteiger charge is 2.29. The highest BCUT2D eigenvalue weighted by atomic mass is 32.2. The summed E-state index contributed by atoms with van der Waals surface area (Å²) in [5.74, 6) is 0.930. The van der Waals surface area contributed by atoms with E-state index in [0.29, 0.717) is 11.7 Å². The standard InChI is InChI=1S/C16H25N5O2S2/c1-17-13(22)11-24-16-19-18-15(25-16)21-9-7-20(8-10-21)14(23)12-5-3-2-4-6-12/h12H,2-11H2,1H3,(H,17,22). The monoisotopic (exact) mass is 383 g/mol. The molecule has 0 radical (unpaired) electrons. The third-order valence-electron chi connectivity index (χ3n) is 4.82. The van der Waals surface area contributed by atoms with E-state index in [1.54, 1.807) is 7.05 Å². The van der Waals surface area contributed by atoms with Crippen LogP contribution in [0.4, 0.5) is 5.13 Å². The Hall–Kier alpha value is -1.35. The summed E-state index contributed by atoms with van der Waals surface area (Å²) in [7, 11) is 1.63. The second kappa shape index (κ2) is 8.84. The fourth-order valence-electron chi connectivity index (χ4n) is 3.31. The lowest BCUT2D eigenvalue weighted by atomic mass is 9.88. The molecule has 3 rings (SSSR count). The van der Waals surface area contributed by atoms with Crippen molar-refractivity contribution in [3.63, 3.8) is 0 Å². The molecule has 138 valence electrons. The van der Waals surface area contributed by atoms with Gasteiger partial charge < -0.3 is 15.1 Å². The molecule has 25 heavy (non-hydrogen) atoms. The van der Waals surface area contributed by atoms with Crippen LogP contribution in [0.5, 0.6) is 0 Å². The number of hydrogen-bond acceptors (Lipinski definition) is 7. The van der Waals surface area contributed by atoms with Gasteiger partial charge in [-0.05, 0) is 12.8 Å². The SMILES string of the molecule is CNC(=O)CSc1nnc(N2CCN(C(=O)C3CCCCC3)CC2)s1. The number of rotatable bonds is 5. The number of thioether (sulfide) groups is 1. The van der Waals surface area contributed by atoms with Gasteiger partial charge in [-0.2, -0.15) is 0 Å². The van der Waals surface area contributed by atoms with Crippen LogP contribution in [-0.4, -0.2) is 65.9 Å². The molecule has 1 aromatic rings. The van der Waals surface area contributed by atoms with Gasteiger partial charge in [0.1, 0.15) is 0 Å². The molecule has 1 saturated heterocycles. The zero-order valence-electron chi connectivity index (χ0n) is 14.6. The molecular weight excluding hydrogens is 358 g/mol. The normalized spacial score (nSPS) is 19.1. The summed E-state index contributed by atoms with van der Waals surface area (Å²) in [6, 6.07) is 0. The molecule has 2 fully saturated rings. The minimum absolute atomic E-state index is 0.0170. The van der Waals surface area contributed by atoms with Crippen molar-refractivity contribution in [1.29, 1.82) is 0 Å². The maximum Gasteiger partial charge on any atom is 0.230 e. The second-order valence-corrected chi connectivity index (χ2v) is 8.64. The van der Waals surface area contributed by atoms with E-state index in [9.17, 15) is 9.59 Å². The molecule has 0 unspecified atom stereocenters. The maximum absolute atomic E-state index is 12.6. The number of amides is 2. The first-order chi connectivity index (χ1) is 12.2. The summed E-state index contributed by atoms with van der Waals surface area (Å²) in [5.41, 5.74) is 0. The molecule has 2 aliphatic rings. The molecule has 0 atom stereocenters. The maximum atomic E-state index is 12.6. The Bertz CT molecular complexity index is 595. The molecule has 1 N–H and O–H groups in total. The third-order valence-corrected chi connectivity index (χ3v) is 6.94. The van der Waals surface area contributed by atoms with E-state index in [2.05, 4.69) is 20.4 Å². The molecule has 2 amide bonds. The first kappa shape index (κ1) is 18.4. The Morgan fingerprint density at radius 1 is 1.16 bits per heavy atom. The van der Waals surface area contributed by atoms with Gasteiger partial charge >= 0.3 is 0 Å². The summed E-state index contributed by atoms with van der Waals surface area (Å²) in [4.78, 5) is 28.1. The highest BCUT2D eigenvalue weighted by molar-refractivity contribution is 8.01. The van der Waals surface area contributed by atoms with Crippen molar-refractivity contribution in [2.24, 2.45) is 5.92 Å². The van der Waals surface area contributed by atoms with Gasteiger partial charge in [-0.3, -0.25) is 9.59 Å². The van der Waals surface area contributed by atoms with Crippen LogP contribution in [-0.2, 0) is 9.59 Å². The van der Waals surface area contributed by atoms with E-state index in [0.717, 1.165) is 48.5 Å². The number of anilines is 1. The lowest BCUT2D eigenvalue weighted by molar-refractivity contribution is -0.136. The molecule has 1 aliphatic carbocycles. The smallest absolute Gasteiger partial charge is 0.230 e. The van der Waals surface area contributed by atoms with Crippen molar-refractivity contribution in [1.82, 2.24) is 20.4 Å². The van der Waals surface area contributed by atoms with E-state index in [1.807, 2.05) is 4.90 Å². The Morgan fingerprint density at radius 3 is 2.56 bits per heavy atom. The lowest BCUT2D eigenvalue weighted by Gasteiger charge is -2.36. The van der Waals surface area contributed by atoms with Crippen molar-refractivity contribution in [3.05, 3.63) is 0 Å². The van der Waals surface area contributed by atoms with Gasteiger partial charge in [0.15, 0.2) is 4.34 Å². The van der Waals surface area contributed by atoms with Crippen LogP contribution in [0.3, 0.4) is 0 Å². The van der Waals surface area contributed by atoms with Crippen molar-refractivity contribution in [2.45, 2.75) is 36.4 Å². The number of piperazine rings is 1. The van der Waals surface area contributed by atoms with Crippen LogP contribution < -0.4 is 10.2 Å². The molecule has 7 nitrogen and oxygen atoms in total. The lowest BCUT2D eigenvalue weighted by Crippen LogP contribution is -2.50. The number of nitrogens with zero attached hydrogens (tertiary/aromatic N) is 4. The van der Waals surface area contributed by atoms with E-state index in [4.69, 9.17) is 0 Å². The fraction of sp³-hybridized carbons (Fsp3) is 0.750. The van der Waals surface area contributed by atoms with Gasteiger partial charge in [0.05, 0.1) is 5.75 Å². The predicted octanol–water partition coefficient (Wildman–Crippen LogP) is 1.61. The largest absolute Gasteiger partial charge is 0.358 e. The van der Waals surface area contributed by atoms with Crippen LogP contribution in [0.2, 0.25) is 0 Å². The van der Waals surface area contributed by atoms with Crippen LogP contribution in [0.25, 0.3) is 0 Å². The predicted molar refractivity (Wildman–Crippen MR) is 100 cm³/mol. The molecule has 1 aromatic heterocycles. The molecule has 9 heteroatoms. The number of nitrogens with one attached hydrogen (secondary N) is 1. The number of aromatic nitrogens is 2. The first-order valence-corrected chi connectivity index (χ1v) is 10.7. The van der Waals surface area contributed by atoms with Crippen LogP contribution in [0, 0.1) is 5.92 Å². The second-order valence-electron chi connectivity index (χ2n) is 6.46. The van der Waals surface area contributed by atoms with Gasteiger partial charge in [-0.15, -0.1) is 10.2 Å². The Kier molecular flexibility index (Phi) is 6.52. The zero-order chi connectivity index (χ0) is 17.6. The first-order valence-electron chi connectivity index (χ1n) is 8.88. The molecule has 0 aromatic carbocycles. The van der Waals surface area contributed by atoms with Crippen molar-refractivity contribution in [2.75, 3.05) is 43.9 Å². The summed E-state index contributed by atoms with van der Waals surface area (Å²) in [6.07, 6.45) is 5.77. The topological polar surface area (TPSA) is 78.4 Å². The molecular formula is C16H25N5O2S2. The number of hydrogen-bond donors (Lipinski definition) is 1. The molecule has 1 saturated carbocycles. The molecule has 0 spiro atoms. The highest BCUT2D eigenvalue weighted by Crippen LogP contribution is 2.29. The average Bonchev–Trinajstić information content (AvgIpc) is 3.15. The van der Waals surface area contributed by atoms with E-state index >= 15 is 0 Å². The number of carbonyl (C=O) groups is 2. The van der Waals surface area contributed by atoms with E-state index in [-0.39, 0.29) is 11.8 Å². The molecule has 1 aliphatic heterocycles. The zero-order valence-corrected chi connectivity index (χ0v) is 16.2. The quantitative estimate of drug-likeness (QED) is 0.778. The minimum Gasteiger partial charge on any atom is -0.358 e. The summed E-state index contributed by atoms with van der Waals surface area (Å²) < 4.78 is 0.805. The van der Waals surface area contributed by atoms with Crippen molar-refractivity contribution < 1.29 is 9.59 Å². The minimum atomic E-state index is -0.0170. The van der Waals surface area contributed by atoms with Gasteiger partial charge in [-0.1, -0.05) is 42.4 Å².